The third kappa shape index (κ3) is 2.57. The largest absolute Gasteiger partial charge is 0.465 e. The van der Waals surface area contributed by atoms with Crippen molar-refractivity contribution in [2.45, 2.75) is 18.4 Å². The summed E-state index contributed by atoms with van der Waals surface area (Å²) in [6, 6.07) is 8.53. The summed E-state index contributed by atoms with van der Waals surface area (Å²) in [5.41, 5.74) is 0.994. The predicted octanol–water partition coefficient (Wildman–Crippen LogP) is 2.41. The van der Waals surface area contributed by atoms with Crippen LogP contribution in [0.4, 0.5) is 0 Å². The molecule has 0 saturated carbocycles. The number of nitrogens with zero attached hydrogens (tertiary/aromatic N) is 3. The van der Waals surface area contributed by atoms with Crippen LogP contribution in [0.5, 0.6) is 0 Å². The highest BCUT2D eigenvalue weighted by Gasteiger charge is 2.25. The second-order valence-electron chi connectivity index (χ2n) is 4.66. The third-order valence-corrected chi connectivity index (χ3v) is 5.49. The van der Waals surface area contributed by atoms with E-state index in [4.69, 9.17) is 4.42 Å². The summed E-state index contributed by atoms with van der Waals surface area (Å²) in [6.45, 7) is 1.99. The van der Waals surface area contributed by atoms with E-state index in [0.717, 1.165) is 17.5 Å². The summed E-state index contributed by atoms with van der Waals surface area (Å²) in [5, 5.41) is 0. The molecule has 0 fully saturated rings. The van der Waals surface area contributed by atoms with Crippen LogP contribution in [0, 0.1) is 6.92 Å². The summed E-state index contributed by atoms with van der Waals surface area (Å²) in [5.74, 6) is 1.35. The first-order valence-electron chi connectivity index (χ1n) is 6.21. The minimum absolute atomic E-state index is 0.166. The Bertz CT molecular complexity index is 883. The molecule has 0 aliphatic carbocycles. The highest BCUT2D eigenvalue weighted by Crippen LogP contribution is 2.24. The Morgan fingerprint density at radius 3 is 2.76 bits per heavy atom. The molecule has 3 aromatic rings. The predicted molar refractivity (Wildman–Crippen MR) is 79.5 cm³/mol. The quantitative estimate of drug-likeness (QED) is 0.737. The molecule has 0 unspecified atom stereocenters. The molecular formula is C13H13N3O3S2. The van der Waals surface area contributed by atoms with E-state index in [1.165, 1.54) is 11.4 Å². The minimum Gasteiger partial charge on any atom is -0.465 e. The molecular weight excluding hydrogens is 310 g/mol. The molecule has 0 atom stereocenters. The topological polar surface area (TPSA) is 76.3 Å². The van der Waals surface area contributed by atoms with Crippen molar-refractivity contribution in [3.8, 4) is 0 Å². The lowest BCUT2D eigenvalue weighted by molar-refractivity contribution is 0.397. The van der Waals surface area contributed by atoms with E-state index in [9.17, 15) is 8.42 Å². The van der Waals surface area contributed by atoms with Gasteiger partial charge in [0.1, 0.15) is 27.4 Å². The van der Waals surface area contributed by atoms with Gasteiger partial charge in [0.15, 0.2) is 0 Å². The number of furan rings is 1. The van der Waals surface area contributed by atoms with Gasteiger partial charge in [0, 0.05) is 7.05 Å². The van der Waals surface area contributed by atoms with Gasteiger partial charge in [-0.2, -0.15) is 13.1 Å². The fourth-order valence-corrected chi connectivity index (χ4v) is 3.92. The Morgan fingerprint density at radius 1 is 1.24 bits per heavy atom. The van der Waals surface area contributed by atoms with Gasteiger partial charge in [-0.15, -0.1) is 0 Å². The van der Waals surface area contributed by atoms with Gasteiger partial charge in [0.25, 0.3) is 0 Å². The Labute approximate surface area is 126 Å². The van der Waals surface area contributed by atoms with Crippen LogP contribution in [0.25, 0.3) is 11.0 Å². The molecule has 0 N–H and O–H groups in total. The van der Waals surface area contributed by atoms with Crippen LogP contribution in [0.2, 0.25) is 0 Å². The summed E-state index contributed by atoms with van der Waals surface area (Å²) in [6.07, 6.45) is 0. The second kappa shape index (κ2) is 5.21. The molecule has 0 aliphatic heterocycles. The fraction of sp³-hybridized carbons (Fsp3) is 0.231. The average molecular weight is 323 g/mol. The normalized spacial score (nSPS) is 12.3. The van der Waals surface area contributed by atoms with E-state index < -0.39 is 10.0 Å². The fourth-order valence-electron chi connectivity index (χ4n) is 2.03. The second-order valence-corrected chi connectivity index (χ2v) is 7.20. The van der Waals surface area contributed by atoms with Gasteiger partial charge in [0.2, 0.25) is 10.0 Å². The molecule has 0 amide bonds. The number of hydrogen-bond acceptors (Lipinski definition) is 6. The summed E-state index contributed by atoms with van der Waals surface area (Å²) in [7, 11) is -2.13. The van der Waals surface area contributed by atoms with Crippen molar-refractivity contribution in [1.82, 2.24) is 13.1 Å². The molecule has 0 bridgehead atoms. The first-order valence-corrected chi connectivity index (χ1v) is 8.38. The molecule has 8 heteroatoms. The monoisotopic (exact) mass is 323 g/mol. The lowest BCUT2D eigenvalue weighted by Gasteiger charge is -2.16. The SMILES string of the molecule is Cc1ccc(CN(C)S(=O)(=O)c2cccc3nsnc23)o1. The maximum atomic E-state index is 12.7. The lowest BCUT2D eigenvalue weighted by Crippen LogP contribution is -2.26. The molecule has 2 aromatic heterocycles. The summed E-state index contributed by atoms with van der Waals surface area (Å²) >= 11 is 1.00. The van der Waals surface area contributed by atoms with Crippen LogP contribution in [0.1, 0.15) is 11.5 Å². The molecule has 0 saturated heterocycles. The Balaban J connectivity index is 1.98. The van der Waals surface area contributed by atoms with E-state index in [1.807, 2.05) is 6.92 Å². The number of benzene rings is 1. The summed E-state index contributed by atoms with van der Waals surface area (Å²) in [4.78, 5) is 0.166. The van der Waals surface area contributed by atoms with Gasteiger partial charge in [-0.3, -0.25) is 0 Å². The Kier molecular flexibility index (Phi) is 3.52. The molecule has 3 rings (SSSR count). The zero-order valence-corrected chi connectivity index (χ0v) is 13.1. The number of sulfonamides is 1. The van der Waals surface area contributed by atoms with Crippen molar-refractivity contribution in [3.05, 3.63) is 41.9 Å². The van der Waals surface area contributed by atoms with Crippen molar-refractivity contribution in [3.63, 3.8) is 0 Å². The molecule has 110 valence electrons. The standard InChI is InChI=1S/C13H13N3O3S2/c1-9-6-7-10(19-9)8-16(2)21(17,18)12-5-3-4-11-13(12)15-20-14-11/h3-7H,8H2,1-2H3. The Morgan fingerprint density at radius 2 is 2.05 bits per heavy atom. The van der Waals surface area contributed by atoms with Crippen LogP contribution < -0.4 is 0 Å². The third-order valence-electron chi connectivity index (χ3n) is 3.11. The lowest BCUT2D eigenvalue weighted by atomic mass is 10.3. The average Bonchev–Trinajstić information content (AvgIpc) is 3.06. The van der Waals surface area contributed by atoms with Crippen molar-refractivity contribution in [2.24, 2.45) is 0 Å². The highest BCUT2D eigenvalue weighted by atomic mass is 32.2. The van der Waals surface area contributed by atoms with Gasteiger partial charge < -0.3 is 4.42 Å². The summed E-state index contributed by atoms with van der Waals surface area (Å²) < 4.78 is 40.2. The van der Waals surface area contributed by atoms with Gasteiger partial charge in [-0.25, -0.2) is 8.42 Å². The van der Waals surface area contributed by atoms with E-state index in [1.54, 1.807) is 30.3 Å². The minimum atomic E-state index is -3.65. The first-order chi connectivity index (χ1) is 9.98. The number of fused-ring (bicyclic) bond motifs is 1. The number of hydrogen-bond donors (Lipinski definition) is 0. The molecule has 0 radical (unpaired) electrons. The molecule has 6 nitrogen and oxygen atoms in total. The van der Waals surface area contributed by atoms with Crippen molar-refractivity contribution in [2.75, 3.05) is 7.05 Å². The zero-order valence-electron chi connectivity index (χ0n) is 11.5. The van der Waals surface area contributed by atoms with E-state index in [2.05, 4.69) is 8.75 Å². The highest BCUT2D eigenvalue weighted by molar-refractivity contribution is 7.89. The van der Waals surface area contributed by atoms with Crippen molar-refractivity contribution in [1.29, 1.82) is 0 Å². The van der Waals surface area contributed by atoms with E-state index >= 15 is 0 Å². The number of aryl methyl sites for hydroxylation is 1. The van der Waals surface area contributed by atoms with E-state index in [0.29, 0.717) is 16.8 Å². The van der Waals surface area contributed by atoms with Crippen molar-refractivity contribution < 1.29 is 12.8 Å². The van der Waals surface area contributed by atoms with Gasteiger partial charge in [-0.1, -0.05) is 6.07 Å². The van der Waals surface area contributed by atoms with Crippen LogP contribution in [-0.2, 0) is 16.6 Å². The number of rotatable bonds is 4. The molecule has 2 heterocycles. The zero-order chi connectivity index (χ0) is 15.0. The molecule has 0 spiro atoms. The smallest absolute Gasteiger partial charge is 0.245 e. The Hall–Kier alpha value is -1.77. The van der Waals surface area contributed by atoms with Crippen LogP contribution in [0.3, 0.4) is 0 Å². The maximum Gasteiger partial charge on any atom is 0.245 e. The maximum absolute atomic E-state index is 12.7. The van der Waals surface area contributed by atoms with Gasteiger partial charge in [0.05, 0.1) is 18.3 Å². The van der Waals surface area contributed by atoms with Crippen LogP contribution in [0.15, 0.2) is 39.6 Å². The van der Waals surface area contributed by atoms with Crippen molar-refractivity contribution >= 4 is 32.8 Å². The molecule has 21 heavy (non-hydrogen) atoms. The molecule has 0 aliphatic rings. The first kappa shape index (κ1) is 14.2. The van der Waals surface area contributed by atoms with Crippen LogP contribution >= 0.6 is 11.7 Å². The number of aromatic nitrogens is 2. The van der Waals surface area contributed by atoms with Gasteiger partial charge in [-0.05, 0) is 31.2 Å². The van der Waals surface area contributed by atoms with Gasteiger partial charge >= 0.3 is 0 Å². The van der Waals surface area contributed by atoms with Crippen LogP contribution in [-0.4, -0.2) is 28.5 Å². The van der Waals surface area contributed by atoms with E-state index in [-0.39, 0.29) is 11.4 Å². The molecule has 1 aromatic carbocycles.